The fraction of sp³-hybridized carbons (Fsp3) is 0.0500. The molecule has 2 heterocycles. The Morgan fingerprint density at radius 3 is 2.04 bits per heavy atom. The molecule has 0 N–H and O–H groups in total. The van der Waals surface area contributed by atoms with Gasteiger partial charge in [-0.3, -0.25) is 9.59 Å². The average Bonchev–Trinajstić information content (AvgIpc) is 2.94. The van der Waals surface area contributed by atoms with Crippen molar-refractivity contribution in [3.8, 4) is 11.3 Å². The molecule has 1 aliphatic heterocycles. The molecule has 0 spiro atoms. The van der Waals surface area contributed by atoms with Crippen LogP contribution in [-0.4, -0.2) is 33.0 Å². The minimum absolute atomic E-state index is 0.204. The maximum Gasteiger partial charge on any atom is 0.363 e. The molecule has 27 heavy (non-hydrogen) atoms. The van der Waals surface area contributed by atoms with Crippen LogP contribution in [0.1, 0.15) is 36.8 Å². The zero-order chi connectivity index (χ0) is 19.0. The van der Waals surface area contributed by atoms with Gasteiger partial charge in [-0.2, -0.15) is 10.2 Å². The van der Waals surface area contributed by atoms with Crippen molar-refractivity contribution in [1.82, 2.24) is 15.3 Å². The van der Waals surface area contributed by atoms with Gasteiger partial charge in [0.1, 0.15) is 0 Å². The Morgan fingerprint density at radius 2 is 1.48 bits per heavy atom. The number of benzene rings is 2. The Kier molecular flexibility index (Phi) is 3.97. The van der Waals surface area contributed by atoms with Crippen molar-refractivity contribution in [2.24, 2.45) is 0 Å². The van der Waals surface area contributed by atoms with E-state index in [1.54, 1.807) is 24.3 Å². The van der Waals surface area contributed by atoms with Crippen LogP contribution in [0.25, 0.3) is 11.3 Å². The summed E-state index contributed by atoms with van der Waals surface area (Å²) in [7, 11) is 0. The van der Waals surface area contributed by atoms with Crippen LogP contribution >= 0.6 is 0 Å². The standard InChI is InChI=1S/C20H13N3O4/c1-12-6-11-17(22-21-12)13-7-9-14(10-8-13)20(26)27-23-18(24)15-4-2-3-5-16(15)19(23)25/h2-11H,1H3. The molecular weight excluding hydrogens is 346 g/mol. The van der Waals surface area contributed by atoms with Gasteiger partial charge in [-0.25, -0.2) is 4.79 Å². The Balaban J connectivity index is 1.52. The van der Waals surface area contributed by atoms with Gasteiger partial charge < -0.3 is 4.84 Å². The van der Waals surface area contributed by atoms with Gasteiger partial charge in [-0.15, -0.1) is 0 Å². The predicted octanol–water partition coefficient (Wildman–Crippen LogP) is 2.82. The third-order valence-electron chi connectivity index (χ3n) is 4.15. The maximum atomic E-state index is 12.3. The summed E-state index contributed by atoms with van der Waals surface area (Å²) < 4.78 is 0. The maximum absolute atomic E-state index is 12.3. The lowest BCUT2D eigenvalue weighted by molar-refractivity contribution is -0.0584. The molecule has 0 fully saturated rings. The Morgan fingerprint density at radius 1 is 0.852 bits per heavy atom. The first-order chi connectivity index (χ1) is 13.0. The van der Waals surface area contributed by atoms with E-state index >= 15 is 0 Å². The third-order valence-corrected chi connectivity index (χ3v) is 4.15. The molecule has 132 valence electrons. The molecule has 0 radical (unpaired) electrons. The fourth-order valence-electron chi connectivity index (χ4n) is 2.72. The van der Waals surface area contributed by atoms with E-state index in [0.717, 1.165) is 11.3 Å². The number of carbonyl (C=O) groups excluding carboxylic acids is 3. The van der Waals surface area contributed by atoms with E-state index in [2.05, 4.69) is 10.2 Å². The second-order valence-corrected chi connectivity index (χ2v) is 5.97. The SMILES string of the molecule is Cc1ccc(-c2ccc(C(=O)ON3C(=O)c4ccccc4C3=O)cc2)nn1. The summed E-state index contributed by atoms with van der Waals surface area (Å²) in [6, 6.07) is 16.4. The molecule has 0 aliphatic carbocycles. The van der Waals surface area contributed by atoms with E-state index in [1.807, 2.05) is 19.1 Å². The highest BCUT2D eigenvalue weighted by molar-refractivity contribution is 6.21. The van der Waals surface area contributed by atoms with Gasteiger partial charge in [0.2, 0.25) is 0 Å². The van der Waals surface area contributed by atoms with Crippen LogP contribution in [-0.2, 0) is 4.84 Å². The lowest BCUT2D eigenvalue weighted by Gasteiger charge is -2.12. The number of hydrogen-bond donors (Lipinski definition) is 0. The summed E-state index contributed by atoms with van der Waals surface area (Å²) in [4.78, 5) is 41.9. The third kappa shape index (κ3) is 2.95. The van der Waals surface area contributed by atoms with Crippen LogP contribution in [0, 0.1) is 6.92 Å². The van der Waals surface area contributed by atoms with Crippen LogP contribution in [0.5, 0.6) is 0 Å². The number of aromatic nitrogens is 2. The van der Waals surface area contributed by atoms with E-state index in [-0.39, 0.29) is 16.7 Å². The summed E-state index contributed by atoms with van der Waals surface area (Å²) in [5.41, 5.74) is 2.88. The minimum atomic E-state index is -0.800. The quantitative estimate of drug-likeness (QED) is 0.668. The lowest BCUT2D eigenvalue weighted by Crippen LogP contribution is -2.32. The van der Waals surface area contributed by atoms with E-state index in [4.69, 9.17) is 4.84 Å². The largest absolute Gasteiger partial charge is 0.363 e. The zero-order valence-electron chi connectivity index (χ0n) is 14.2. The van der Waals surface area contributed by atoms with Gasteiger partial charge in [0.25, 0.3) is 11.8 Å². The van der Waals surface area contributed by atoms with Crippen LogP contribution in [0.4, 0.5) is 0 Å². The normalized spacial score (nSPS) is 12.9. The van der Waals surface area contributed by atoms with Gasteiger partial charge in [0.05, 0.1) is 28.1 Å². The first kappa shape index (κ1) is 16.6. The number of fused-ring (bicyclic) bond motifs is 1. The molecular formula is C20H13N3O4. The summed E-state index contributed by atoms with van der Waals surface area (Å²) >= 11 is 0. The fourth-order valence-corrected chi connectivity index (χ4v) is 2.72. The van der Waals surface area contributed by atoms with Crippen LogP contribution < -0.4 is 0 Å². The molecule has 7 nitrogen and oxygen atoms in total. The number of amides is 2. The number of hydroxylamine groups is 2. The van der Waals surface area contributed by atoms with Crippen molar-refractivity contribution in [1.29, 1.82) is 0 Å². The first-order valence-electron chi connectivity index (χ1n) is 8.15. The van der Waals surface area contributed by atoms with Crippen molar-refractivity contribution >= 4 is 17.8 Å². The Labute approximate surface area is 154 Å². The predicted molar refractivity (Wildman–Crippen MR) is 94.6 cm³/mol. The molecule has 7 heteroatoms. The summed E-state index contributed by atoms with van der Waals surface area (Å²) in [5, 5.41) is 8.57. The average molecular weight is 359 g/mol. The number of hydrogen-bond acceptors (Lipinski definition) is 6. The molecule has 1 aliphatic rings. The summed E-state index contributed by atoms with van der Waals surface area (Å²) in [5.74, 6) is -2.11. The topological polar surface area (TPSA) is 89.5 Å². The number of rotatable bonds is 3. The van der Waals surface area contributed by atoms with Gasteiger partial charge in [0, 0.05) is 5.56 Å². The van der Waals surface area contributed by atoms with Crippen molar-refractivity contribution < 1.29 is 19.2 Å². The zero-order valence-corrected chi connectivity index (χ0v) is 14.2. The molecule has 0 unspecified atom stereocenters. The van der Waals surface area contributed by atoms with Gasteiger partial charge in [-0.05, 0) is 43.3 Å². The molecule has 0 saturated carbocycles. The molecule has 2 aromatic carbocycles. The van der Waals surface area contributed by atoms with Crippen molar-refractivity contribution in [3.63, 3.8) is 0 Å². The molecule has 0 atom stereocenters. The molecule has 0 bridgehead atoms. The number of carbonyl (C=O) groups is 3. The van der Waals surface area contributed by atoms with Crippen LogP contribution in [0.2, 0.25) is 0 Å². The highest BCUT2D eigenvalue weighted by Crippen LogP contribution is 2.24. The number of aryl methyl sites for hydroxylation is 1. The first-order valence-corrected chi connectivity index (χ1v) is 8.15. The highest BCUT2D eigenvalue weighted by atomic mass is 16.7. The molecule has 4 rings (SSSR count). The van der Waals surface area contributed by atoms with E-state index in [9.17, 15) is 14.4 Å². The van der Waals surface area contributed by atoms with Crippen molar-refractivity contribution in [3.05, 3.63) is 83.0 Å². The second kappa shape index (κ2) is 6.45. The van der Waals surface area contributed by atoms with Gasteiger partial charge in [-0.1, -0.05) is 29.3 Å². The summed E-state index contributed by atoms with van der Waals surface area (Å²) in [6.45, 7) is 1.84. The van der Waals surface area contributed by atoms with Gasteiger partial charge >= 0.3 is 5.97 Å². The van der Waals surface area contributed by atoms with Crippen molar-refractivity contribution in [2.45, 2.75) is 6.92 Å². The molecule has 0 saturated heterocycles. The number of imide groups is 1. The van der Waals surface area contributed by atoms with Crippen molar-refractivity contribution in [2.75, 3.05) is 0 Å². The Bertz CT molecular complexity index is 1020. The Hall–Kier alpha value is -3.87. The lowest BCUT2D eigenvalue weighted by atomic mass is 10.1. The monoisotopic (exact) mass is 359 g/mol. The van der Waals surface area contributed by atoms with E-state index in [0.29, 0.717) is 10.8 Å². The van der Waals surface area contributed by atoms with E-state index in [1.165, 1.54) is 24.3 Å². The number of nitrogens with zero attached hydrogens (tertiary/aromatic N) is 3. The summed E-state index contributed by atoms with van der Waals surface area (Å²) in [6.07, 6.45) is 0. The van der Waals surface area contributed by atoms with Crippen LogP contribution in [0.15, 0.2) is 60.7 Å². The van der Waals surface area contributed by atoms with E-state index < -0.39 is 17.8 Å². The van der Waals surface area contributed by atoms with Crippen LogP contribution in [0.3, 0.4) is 0 Å². The second-order valence-electron chi connectivity index (χ2n) is 5.97. The minimum Gasteiger partial charge on any atom is -0.324 e. The molecule has 3 aromatic rings. The smallest absolute Gasteiger partial charge is 0.324 e. The molecule has 2 amide bonds. The molecule has 1 aromatic heterocycles. The highest BCUT2D eigenvalue weighted by Gasteiger charge is 2.38. The van der Waals surface area contributed by atoms with Gasteiger partial charge in [0.15, 0.2) is 0 Å².